The summed E-state index contributed by atoms with van der Waals surface area (Å²) in [7, 11) is -4.30. The number of amides is 2. The molecule has 0 aliphatic heterocycles. The molecule has 0 heterocycles. The molecule has 0 aliphatic rings. The number of anilines is 1. The maximum Gasteiger partial charge on any atom is 0.264 e. The average Bonchev–Trinajstić information content (AvgIpc) is 2.95. The van der Waals surface area contributed by atoms with Gasteiger partial charge in [-0.25, -0.2) is 8.42 Å². The Balaban J connectivity index is 2.13. The van der Waals surface area contributed by atoms with Crippen molar-refractivity contribution < 1.29 is 18.0 Å². The summed E-state index contributed by atoms with van der Waals surface area (Å²) in [5.41, 5.74) is 0.446. The smallest absolute Gasteiger partial charge is 0.264 e. The fourth-order valence-corrected chi connectivity index (χ4v) is 6.54. The minimum absolute atomic E-state index is 0.0178. The van der Waals surface area contributed by atoms with Gasteiger partial charge in [0.05, 0.1) is 20.6 Å². The van der Waals surface area contributed by atoms with Crippen molar-refractivity contribution in [2.75, 3.05) is 10.8 Å². The zero-order valence-electron chi connectivity index (χ0n) is 22.8. The highest BCUT2D eigenvalue weighted by Crippen LogP contribution is 2.36. The Labute approximate surface area is 261 Å². The van der Waals surface area contributed by atoms with Crippen molar-refractivity contribution in [3.8, 4) is 0 Å². The molecule has 220 valence electrons. The van der Waals surface area contributed by atoms with E-state index in [4.69, 9.17) is 46.4 Å². The molecule has 2 amide bonds. The lowest BCUT2D eigenvalue weighted by Gasteiger charge is -2.34. The van der Waals surface area contributed by atoms with E-state index in [9.17, 15) is 18.0 Å². The molecule has 3 rings (SSSR count). The highest BCUT2D eigenvalue weighted by atomic mass is 35.5. The van der Waals surface area contributed by atoms with E-state index in [0.29, 0.717) is 22.0 Å². The number of nitrogens with one attached hydrogen (secondary N) is 1. The van der Waals surface area contributed by atoms with Crippen LogP contribution in [0.5, 0.6) is 0 Å². The number of rotatable bonds is 12. The highest BCUT2D eigenvalue weighted by molar-refractivity contribution is 7.92. The van der Waals surface area contributed by atoms with E-state index in [1.165, 1.54) is 35.2 Å². The van der Waals surface area contributed by atoms with Crippen LogP contribution in [-0.2, 0) is 26.2 Å². The monoisotopic (exact) mass is 657 g/mol. The van der Waals surface area contributed by atoms with Crippen molar-refractivity contribution in [2.24, 2.45) is 0 Å². The molecule has 12 heteroatoms. The molecule has 0 bridgehead atoms. The lowest BCUT2D eigenvalue weighted by molar-refractivity contribution is -0.140. The van der Waals surface area contributed by atoms with Gasteiger partial charge in [0.25, 0.3) is 10.0 Å². The molecule has 0 fully saturated rings. The fourth-order valence-electron chi connectivity index (χ4n) is 4.13. The molecular weight excluding hydrogens is 628 g/mol. The number of benzene rings is 3. The van der Waals surface area contributed by atoms with Crippen LogP contribution in [0.4, 0.5) is 5.69 Å². The summed E-state index contributed by atoms with van der Waals surface area (Å²) in [6.45, 7) is 4.75. The molecule has 0 saturated heterocycles. The molecule has 7 nitrogen and oxygen atoms in total. The van der Waals surface area contributed by atoms with Gasteiger partial charge in [0, 0.05) is 28.2 Å². The van der Waals surface area contributed by atoms with Crippen LogP contribution in [-0.4, -0.2) is 43.8 Å². The highest BCUT2D eigenvalue weighted by Gasteiger charge is 2.35. The predicted molar refractivity (Wildman–Crippen MR) is 166 cm³/mol. The molecule has 2 atom stereocenters. The second-order valence-corrected chi connectivity index (χ2v) is 12.8. The Kier molecular flexibility index (Phi) is 11.8. The lowest BCUT2D eigenvalue weighted by atomic mass is 10.1. The van der Waals surface area contributed by atoms with Crippen LogP contribution in [0.1, 0.15) is 39.2 Å². The van der Waals surface area contributed by atoms with Crippen molar-refractivity contribution in [3.63, 3.8) is 0 Å². The number of carbonyl (C=O) groups is 2. The number of halogens is 4. The van der Waals surface area contributed by atoms with Crippen LogP contribution < -0.4 is 9.62 Å². The van der Waals surface area contributed by atoms with Gasteiger partial charge in [0.1, 0.15) is 12.6 Å². The Morgan fingerprint density at radius 1 is 0.829 bits per heavy atom. The molecule has 3 aromatic carbocycles. The number of sulfonamides is 1. The van der Waals surface area contributed by atoms with Gasteiger partial charge in [0.15, 0.2) is 0 Å². The van der Waals surface area contributed by atoms with Crippen molar-refractivity contribution in [2.45, 2.75) is 57.1 Å². The second-order valence-electron chi connectivity index (χ2n) is 9.36. The quantitative estimate of drug-likeness (QED) is 0.223. The zero-order valence-corrected chi connectivity index (χ0v) is 26.6. The van der Waals surface area contributed by atoms with Gasteiger partial charge in [-0.15, -0.1) is 0 Å². The number of nitrogens with zero attached hydrogens (tertiary/aromatic N) is 2. The lowest BCUT2D eigenvalue weighted by Crippen LogP contribution is -2.53. The van der Waals surface area contributed by atoms with Crippen molar-refractivity contribution in [1.29, 1.82) is 0 Å². The maximum atomic E-state index is 14.2. The zero-order chi connectivity index (χ0) is 30.3. The van der Waals surface area contributed by atoms with Gasteiger partial charge in [-0.2, -0.15) is 0 Å². The summed E-state index contributed by atoms with van der Waals surface area (Å²) in [6.07, 6.45) is 0.933. The van der Waals surface area contributed by atoms with E-state index in [1.807, 2.05) is 13.8 Å². The van der Waals surface area contributed by atoms with Gasteiger partial charge < -0.3 is 10.2 Å². The first-order valence-electron chi connectivity index (χ1n) is 13.0. The second kappa shape index (κ2) is 14.6. The van der Waals surface area contributed by atoms with Gasteiger partial charge >= 0.3 is 0 Å². The summed E-state index contributed by atoms with van der Waals surface area (Å²) in [6, 6.07) is 16.0. The predicted octanol–water partition coefficient (Wildman–Crippen LogP) is 7.22. The van der Waals surface area contributed by atoms with Crippen LogP contribution in [0.2, 0.25) is 20.1 Å². The third-order valence-corrected chi connectivity index (χ3v) is 9.88. The number of hydrogen-bond acceptors (Lipinski definition) is 4. The summed E-state index contributed by atoms with van der Waals surface area (Å²) in [4.78, 5) is 28.8. The third-order valence-electron chi connectivity index (χ3n) is 6.59. The maximum absolute atomic E-state index is 14.2. The standard InChI is InChI=1S/C29H31Cl4N3O4S/c1-4-19(3)34-29(38)25(5-2)35(17-21-22(30)13-9-14-23(21)31)27(37)18-36(26-16-10-15-24(32)28(26)33)41(39,40)20-11-7-6-8-12-20/h6-16,19,25H,4-5,17-18H2,1-3H3,(H,34,38)/t19-,25-/m1/s1. The van der Waals surface area contributed by atoms with Crippen molar-refractivity contribution in [1.82, 2.24) is 10.2 Å². The summed E-state index contributed by atoms with van der Waals surface area (Å²) in [5.74, 6) is -1.04. The molecule has 0 radical (unpaired) electrons. The number of carbonyl (C=O) groups excluding carboxylic acids is 2. The molecule has 1 N–H and O–H groups in total. The topological polar surface area (TPSA) is 86.8 Å². The van der Waals surface area contributed by atoms with Crippen molar-refractivity contribution in [3.05, 3.63) is 92.4 Å². The Bertz CT molecular complexity index is 1470. The molecule has 0 unspecified atom stereocenters. The Morgan fingerprint density at radius 3 is 2.00 bits per heavy atom. The Morgan fingerprint density at radius 2 is 1.41 bits per heavy atom. The molecule has 0 spiro atoms. The third kappa shape index (κ3) is 7.87. The normalized spacial score (nSPS) is 12.9. The fraction of sp³-hybridized carbons (Fsp3) is 0.310. The van der Waals surface area contributed by atoms with Crippen LogP contribution in [0.3, 0.4) is 0 Å². The molecular formula is C29H31Cl4N3O4S. The average molecular weight is 659 g/mol. The van der Waals surface area contributed by atoms with E-state index in [2.05, 4.69) is 5.32 Å². The minimum Gasteiger partial charge on any atom is -0.352 e. The largest absolute Gasteiger partial charge is 0.352 e. The van der Waals surface area contributed by atoms with Crippen LogP contribution in [0.25, 0.3) is 0 Å². The van der Waals surface area contributed by atoms with E-state index in [-0.39, 0.29) is 45.5 Å². The summed E-state index contributed by atoms with van der Waals surface area (Å²) >= 11 is 25.6. The first-order valence-corrected chi connectivity index (χ1v) is 15.9. The van der Waals surface area contributed by atoms with E-state index >= 15 is 0 Å². The molecule has 41 heavy (non-hydrogen) atoms. The van der Waals surface area contributed by atoms with Gasteiger partial charge in [0.2, 0.25) is 11.8 Å². The van der Waals surface area contributed by atoms with Crippen LogP contribution in [0, 0.1) is 0 Å². The van der Waals surface area contributed by atoms with E-state index in [0.717, 1.165) is 4.31 Å². The first kappa shape index (κ1) is 33.0. The number of hydrogen-bond donors (Lipinski definition) is 1. The molecule has 0 saturated carbocycles. The van der Waals surface area contributed by atoms with Crippen LogP contribution >= 0.6 is 46.4 Å². The van der Waals surface area contributed by atoms with Gasteiger partial charge in [-0.3, -0.25) is 13.9 Å². The molecule has 3 aromatic rings. The van der Waals surface area contributed by atoms with E-state index in [1.54, 1.807) is 43.3 Å². The molecule has 0 aliphatic carbocycles. The first-order chi connectivity index (χ1) is 19.4. The summed E-state index contributed by atoms with van der Waals surface area (Å²) < 4.78 is 28.7. The SMILES string of the molecule is CC[C@@H](C)NC(=O)[C@@H](CC)N(Cc1c(Cl)cccc1Cl)C(=O)CN(c1cccc(Cl)c1Cl)S(=O)(=O)c1ccccc1. The van der Waals surface area contributed by atoms with Crippen molar-refractivity contribution >= 4 is 73.9 Å². The van der Waals surface area contributed by atoms with Gasteiger partial charge in [-0.05, 0) is 56.2 Å². The summed E-state index contributed by atoms with van der Waals surface area (Å²) in [5, 5.41) is 3.61. The molecule has 0 aromatic heterocycles. The van der Waals surface area contributed by atoms with Crippen LogP contribution in [0.15, 0.2) is 71.6 Å². The Hall–Kier alpha value is -2.49. The van der Waals surface area contributed by atoms with E-state index < -0.39 is 28.5 Å². The van der Waals surface area contributed by atoms with Gasteiger partial charge in [-0.1, -0.05) is 90.6 Å². The minimum atomic E-state index is -4.30.